The van der Waals surface area contributed by atoms with Crippen LogP contribution < -0.4 is 10.8 Å². The number of nitrogens with one attached hydrogen (secondary N) is 2. The molecular formula is C24H25N3O3. The summed E-state index contributed by atoms with van der Waals surface area (Å²) in [6.45, 7) is 5.86. The molecule has 3 aromatic rings. The molecule has 0 fully saturated rings. The van der Waals surface area contributed by atoms with E-state index in [1.165, 1.54) is 0 Å². The van der Waals surface area contributed by atoms with E-state index in [0.29, 0.717) is 5.69 Å². The molecule has 0 aliphatic heterocycles. The highest BCUT2D eigenvalue weighted by Crippen LogP contribution is 2.35. The maximum Gasteiger partial charge on any atom is 0.352 e. The van der Waals surface area contributed by atoms with Crippen LogP contribution in [0.15, 0.2) is 79.1 Å². The van der Waals surface area contributed by atoms with Crippen molar-refractivity contribution in [1.82, 2.24) is 10.5 Å². The molecule has 6 nitrogen and oxygen atoms in total. The Balaban J connectivity index is 1.59. The Morgan fingerprint density at radius 2 is 1.47 bits per heavy atom. The SMILES string of the molecule is CC(C)(C)[C@H](C(=O)ONC(=O)Nc1ccc(-c2ccncc2)cc1)c1ccccc1. The Bertz CT molecular complexity index is 982. The molecule has 0 radical (unpaired) electrons. The van der Waals surface area contributed by atoms with Gasteiger partial charge in [0.1, 0.15) is 0 Å². The molecular weight excluding hydrogens is 378 g/mol. The molecule has 2 N–H and O–H groups in total. The second-order valence-corrected chi connectivity index (χ2v) is 8.00. The van der Waals surface area contributed by atoms with Gasteiger partial charge in [0.05, 0.1) is 5.92 Å². The number of aromatic nitrogens is 1. The molecule has 154 valence electrons. The van der Waals surface area contributed by atoms with Crippen molar-refractivity contribution in [3.63, 3.8) is 0 Å². The summed E-state index contributed by atoms with van der Waals surface area (Å²) in [4.78, 5) is 34.0. The maximum absolute atomic E-state index is 12.7. The van der Waals surface area contributed by atoms with Crippen LogP contribution in [0.25, 0.3) is 11.1 Å². The van der Waals surface area contributed by atoms with E-state index in [0.717, 1.165) is 16.7 Å². The van der Waals surface area contributed by atoms with Crippen molar-refractivity contribution in [3.8, 4) is 11.1 Å². The van der Waals surface area contributed by atoms with Gasteiger partial charge >= 0.3 is 12.0 Å². The van der Waals surface area contributed by atoms with Crippen LogP contribution in [0.1, 0.15) is 32.3 Å². The average Bonchev–Trinajstić information content (AvgIpc) is 2.73. The third kappa shape index (κ3) is 5.44. The number of nitrogens with zero attached hydrogens (tertiary/aromatic N) is 1. The number of rotatable bonds is 4. The minimum Gasteiger partial charge on any atom is -0.339 e. The fourth-order valence-corrected chi connectivity index (χ4v) is 3.24. The number of anilines is 1. The van der Waals surface area contributed by atoms with Crippen LogP contribution in [-0.4, -0.2) is 17.0 Å². The molecule has 0 spiro atoms. The smallest absolute Gasteiger partial charge is 0.339 e. The number of hydroxylamine groups is 1. The summed E-state index contributed by atoms with van der Waals surface area (Å²) < 4.78 is 0. The molecule has 1 atom stereocenters. The van der Waals surface area contributed by atoms with E-state index in [1.807, 2.05) is 75.4 Å². The van der Waals surface area contributed by atoms with Crippen LogP contribution in [0, 0.1) is 5.41 Å². The topological polar surface area (TPSA) is 80.3 Å². The Kier molecular flexibility index (Phi) is 6.47. The number of benzene rings is 2. The Hall–Kier alpha value is -3.67. The first-order chi connectivity index (χ1) is 14.3. The van der Waals surface area contributed by atoms with Gasteiger partial charge in [0, 0.05) is 18.1 Å². The van der Waals surface area contributed by atoms with Gasteiger partial charge in [-0.05, 0) is 46.4 Å². The van der Waals surface area contributed by atoms with Crippen LogP contribution in [0.3, 0.4) is 0 Å². The first-order valence-corrected chi connectivity index (χ1v) is 9.67. The highest BCUT2D eigenvalue weighted by Gasteiger charge is 2.34. The minimum atomic E-state index is -0.624. The van der Waals surface area contributed by atoms with E-state index in [1.54, 1.807) is 24.5 Å². The van der Waals surface area contributed by atoms with E-state index < -0.39 is 17.9 Å². The Morgan fingerprint density at radius 3 is 2.07 bits per heavy atom. The van der Waals surface area contributed by atoms with E-state index in [9.17, 15) is 9.59 Å². The molecule has 0 bridgehead atoms. The number of carbonyl (C=O) groups excluding carboxylic acids is 2. The van der Waals surface area contributed by atoms with E-state index >= 15 is 0 Å². The molecule has 3 rings (SSSR count). The lowest BCUT2D eigenvalue weighted by atomic mass is 9.76. The zero-order chi connectivity index (χ0) is 21.6. The predicted octanol–water partition coefficient (Wildman–Crippen LogP) is 5.16. The third-order valence-electron chi connectivity index (χ3n) is 4.64. The number of carbonyl (C=O) groups is 2. The number of urea groups is 1. The zero-order valence-electron chi connectivity index (χ0n) is 17.3. The lowest BCUT2D eigenvalue weighted by molar-refractivity contribution is -0.153. The summed E-state index contributed by atoms with van der Waals surface area (Å²) in [6, 6.07) is 19.9. The first kappa shape index (κ1) is 21.0. The molecule has 1 heterocycles. The van der Waals surface area contributed by atoms with Crippen molar-refractivity contribution < 1.29 is 14.4 Å². The van der Waals surface area contributed by atoms with Crippen LogP contribution in [-0.2, 0) is 9.63 Å². The van der Waals surface area contributed by atoms with Gasteiger partial charge in [-0.15, -0.1) is 0 Å². The number of pyridine rings is 1. The fraction of sp³-hybridized carbons (Fsp3) is 0.208. The molecule has 30 heavy (non-hydrogen) atoms. The Morgan fingerprint density at radius 1 is 0.867 bits per heavy atom. The predicted molar refractivity (Wildman–Crippen MR) is 117 cm³/mol. The zero-order valence-corrected chi connectivity index (χ0v) is 17.3. The van der Waals surface area contributed by atoms with Gasteiger partial charge in [-0.2, -0.15) is 5.48 Å². The molecule has 0 aliphatic carbocycles. The van der Waals surface area contributed by atoms with Crippen molar-refractivity contribution in [1.29, 1.82) is 0 Å². The standard InChI is InChI=1S/C24H25N3O3/c1-24(2,3)21(19-7-5-4-6-8-19)22(28)30-27-23(29)26-20-11-9-17(10-12-20)18-13-15-25-16-14-18/h4-16,21H,1-3H3,(H2,26,27,29)/t21-/m0/s1. The largest absolute Gasteiger partial charge is 0.352 e. The first-order valence-electron chi connectivity index (χ1n) is 9.67. The fourth-order valence-electron chi connectivity index (χ4n) is 3.24. The van der Waals surface area contributed by atoms with Gasteiger partial charge in [-0.3, -0.25) is 4.98 Å². The van der Waals surface area contributed by atoms with Crippen molar-refractivity contribution in [3.05, 3.63) is 84.7 Å². The van der Waals surface area contributed by atoms with Crippen molar-refractivity contribution in [2.75, 3.05) is 5.32 Å². The van der Waals surface area contributed by atoms with Gasteiger partial charge in [-0.25, -0.2) is 9.59 Å². The Labute approximate surface area is 176 Å². The molecule has 1 aromatic heterocycles. The van der Waals surface area contributed by atoms with Crippen LogP contribution in [0.5, 0.6) is 0 Å². The van der Waals surface area contributed by atoms with E-state index in [4.69, 9.17) is 4.84 Å². The van der Waals surface area contributed by atoms with E-state index in [-0.39, 0.29) is 5.41 Å². The van der Waals surface area contributed by atoms with Crippen LogP contribution in [0.2, 0.25) is 0 Å². The summed E-state index contributed by atoms with van der Waals surface area (Å²) in [5.74, 6) is -1.03. The van der Waals surface area contributed by atoms with Gasteiger partial charge < -0.3 is 10.2 Å². The van der Waals surface area contributed by atoms with Crippen LogP contribution >= 0.6 is 0 Å². The monoisotopic (exact) mass is 403 g/mol. The van der Waals surface area contributed by atoms with Crippen molar-refractivity contribution >= 4 is 17.7 Å². The van der Waals surface area contributed by atoms with Gasteiger partial charge in [0.25, 0.3) is 0 Å². The van der Waals surface area contributed by atoms with Gasteiger partial charge in [0.15, 0.2) is 0 Å². The van der Waals surface area contributed by atoms with Crippen molar-refractivity contribution in [2.45, 2.75) is 26.7 Å². The lowest BCUT2D eigenvalue weighted by Gasteiger charge is -2.28. The summed E-state index contributed by atoms with van der Waals surface area (Å²) >= 11 is 0. The number of hydrogen-bond donors (Lipinski definition) is 2. The molecule has 2 amide bonds. The van der Waals surface area contributed by atoms with Gasteiger partial charge in [-0.1, -0.05) is 63.2 Å². The van der Waals surface area contributed by atoms with Crippen molar-refractivity contribution in [2.24, 2.45) is 5.41 Å². The van der Waals surface area contributed by atoms with E-state index in [2.05, 4.69) is 15.8 Å². The van der Waals surface area contributed by atoms with Gasteiger partial charge in [0.2, 0.25) is 0 Å². The maximum atomic E-state index is 12.7. The summed E-state index contributed by atoms with van der Waals surface area (Å²) in [5, 5.41) is 2.65. The number of amides is 2. The highest BCUT2D eigenvalue weighted by atomic mass is 16.7. The normalized spacial score (nSPS) is 12.0. The molecule has 0 aliphatic rings. The number of hydrogen-bond acceptors (Lipinski definition) is 4. The third-order valence-corrected chi connectivity index (χ3v) is 4.64. The highest BCUT2D eigenvalue weighted by molar-refractivity contribution is 5.90. The molecule has 0 unspecified atom stereocenters. The second-order valence-electron chi connectivity index (χ2n) is 8.00. The lowest BCUT2D eigenvalue weighted by Crippen LogP contribution is -2.36. The molecule has 0 saturated heterocycles. The summed E-state index contributed by atoms with van der Waals surface area (Å²) in [7, 11) is 0. The summed E-state index contributed by atoms with van der Waals surface area (Å²) in [5.41, 5.74) is 5.27. The molecule has 2 aromatic carbocycles. The molecule has 6 heteroatoms. The van der Waals surface area contributed by atoms with Crippen LogP contribution in [0.4, 0.5) is 10.5 Å². The summed E-state index contributed by atoms with van der Waals surface area (Å²) in [6.07, 6.45) is 3.45. The quantitative estimate of drug-likeness (QED) is 0.590. The average molecular weight is 403 g/mol. The molecule has 0 saturated carbocycles. The second kappa shape index (κ2) is 9.22. The minimum absolute atomic E-state index is 0.376.